The summed E-state index contributed by atoms with van der Waals surface area (Å²) < 4.78 is 21.4. The van der Waals surface area contributed by atoms with Crippen molar-refractivity contribution in [1.82, 2.24) is 0 Å². The summed E-state index contributed by atoms with van der Waals surface area (Å²) in [6.07, 6.45) is 13.9. The summed E-state index contributed by atoms with van der Waals surface area (Å²) in [6.45, 7) is 6.45. The molecule has 1 heterocycles. The largest absolute Gasteiger partial charge is 0.494 e. The molecule has 1 aliphatic heterocycles. The van der Waals surface area contributed by atoms with Crippen molar-refractivity contribution in [3.8, 4) is 11.5 Å². The molecular weight excluding hydrogens is 508 g/mol. The van der Waals surface area contributed by atoms with Gasteiger partial charge >= 0.3 is 17.9 Å². The van der Waals surface area contributed by atoms with Crippen molar-refractivity contribution >= 4 is 24.0 Å². The lowest BCUT2D eigenvalue weighted by molar-refractivity contribution is -0.139. The maximum absolute atomic E-state index is 12.5. The van der Waals surface area contributed by atoms with E-state index in [1.807, 2.05) is 0 Å². The summed E-state index contributed by atoms with van der Waals surface area (Å²) in [5.41, 5.74) is 1.84. The van der Waals surface area contributed by atoms with Crippen LogP contribution in [0.2, 0.25) is 0 Å². The fraction of sp³-hybridized carbons (Fsp3) is 0.424. The van der Waals surface area contributed by atoms with Crippen molar-refractivity contribution < 1.29 is 33.3 Å². The Hall–Kier alpha value is -3.87. The second-order valence-corrected chi connectivity index (χ2v) is 9.87. The second kappa shape index (κ2) is 17.0. The average Bonchev–Trinajstić information content (AvgIpc) is 3.28. The predicted octanol–water partition coefficient (Wildman–Crippen LogP) is 7.24. The molecule has 7 nitrogen and oxygen atoms in total. The zero-order valence-electron chi connectivity index (χ0n) is 23.4. The van der Waals surface area contributed by atoms with Gasteiger partial charge in [-0.25, -0.2) is 14.4 Å². The molecule has 1 fully saturated rings. The van der Waals surface area contributed by atoms with Crippen LogP contribution < -0.4 is 9.47 Å². The van der Waals surface area contributed by atoms with E-state index in [0.717, 1.165) is 37.0 Å². The van der Waals surface area contributed by atoms with Crippen LogP contribution in [0, 0.1) is 0 Å². The van der Waals surface area contributed by atoms with Gasteiger partial charge in [0.1, 0.15) is 17.6 Å². The molecule has 0 aliphatic carbocycles. The van der Waals surface area contributed by atoms with Crippen molar-refractivity contribution in [2.75, 3.05) is 13.2 Å². The van der Waals surface area contributed by atoms with E-state index in [4.69, 9.17) is 18.9 Å². The summed E-state index contributed by atoms with van der Waals surface area (Å²) in [4.78, 5) is 35.2. The van der Waals surface area contributed by atoms with Gasteiger partial charge in [-0.05, 0) is 74.2 Å². The van der Waals surface area contributed by atoms with Crippen LogP contribution in [0.5, 0.6) is 11.5 Å². The fourth-order valence-corrected chi connectivity index (χ4v) is 4.38. The van der Waals surface area contributed by atoms with Crippen molar-refractivity contribution in [2.45, 2.75) is 77.2 Å². The van der Waals surface area contributed by atoms with Gasteiger partial charge in [0.15, 0.2) is 0 Å². The van der Waals surface area contributed by atoms with Crippen molar-refractivity contribution in [3.05, 3.63) is 77.9 Å². The van der Waals surface area contributed by atoms with Crippen LogP contribution in [-0.2, 0) is 19.1 Å². The second-order valence-electron chi connectivity index (χ2n) is 9.87. The summed E-state index contributed by atoms with van der Waals surface area (Å²) >= 11 is 0. The van der Waals surface area contributed by atoms with Crippen molar-refractivity contribution in [3.63, 3.8) is 0 Å². The number of hydrogen-bond donors (Lipinski definition) is 0. The van der Waals surface area contributed by atoms with Gasteiger partial charge in [0, 0.05) is 18.1 Å². The van der Waals surface area contributed by atoms with E-state index in [-0.39, 0.29) is 12.1 Å². The topological polar surface area (TPSA) is 88.1 Å². The molecule has 0 bridgehead atoms. The molecule has 2 aromatic rings. The maximum Gasteiger partial charge on any atom is 0.343 e. The van der Waals surface area contributed by atoms with Crippen LogP contribution in [0.15, 0.2) is 66.8 Å². The Kier molecular flexibility index (Phi) is 13.0. The number of unbranched alkanes of at least 4 members (excludes halogenated alkanes) is 7. The van der Waals surface area contributed by atoms with E-state index in [9.17, 15) is 14.4 Å². The molecule has 214 valence electrons. The molecule has 1 aliphatic rings. The molecule has 0 amide bonds. The van der Waals surface area contributed by atoms with Crippen molar-refractivity contribution in [1.29, 1.82) is 0 Å². The Bertz CT molecular complexity index is 1120. The summed E-state index contributed by atoms with van der Waals surface area (Å²) in [5, 5.41) is 0. The Morgan fingerprint density at radius 2 is 1.52 bits per heavy atom. The molecule has 1 unspecified atom stereocenters. The van der Waals surface area contributed by atoms with Crippen LogP contribution in [0.1, 0.15) is 87.1 Å². The number of esters is 3. The molecule has 0 radical (unpaired) electrons. The standard InChI is InChI=1S/C33H40O7/c1-3-37-31(34)22-15-26-13-18-29(19-14-26)39-33(36)27-16-20-28(21-17-27)38-23-11-9-7-5-4-6-8-10-12-30-24-25(2)32(35)40-30/h13-22,30H,2-12,23-24H2,1H3/b22-15+. The number of rotatable bonds is 17. The average molecular weight is 549 g/mol. The summed E-state index contributed by atoms with van der Waals surface area (Å²) in [7, 11) is 0. The summed E-state index contributed by atoms with van der Waals surface area (Å²) in [6, 6.07) is 13.8. The lowest BCUT2D eigenvalue weighted by Crippen LogP contribution is -2.08. The molecule has 0 spiro atoms. The van der Waals surface area contributed by atoms with E-state index >= 15 is 0 Å². The highest BCUT2D eigenvalue weighted by Gasteiger charge is 2.26. The normalized spacial score (nSPS) is 14.8. The highest BCUT2D eigenvalue weighted by molar-refractivity contribution is 5.91. The fourth-order valence-electron chi connectivity index (χ4n) is 4.38. The van der Waals surface area contributed by atoms with E-state index < -0.39 is 11.9 Å². The lowest BCUT2D eigenvalue weighted by Gasteiger charge is -2.08. The predicted molar refractivity (Wildman–Crippen MR) is 154 cm³/mol. The lowest BCUT2D eigenvalue weighted by atomic mass is 10.0. The minimum absolute atomic E-state index is 0.0446. The van der Waals surface area contributed by atoms with E-state index in [0.29, 0.717) is 36.5 Å². The minimum atomic E-state index is -0.450. The molecule has 1 saturated heterocycles. The number of benzene rings is 2. The first-order chi connectivity index (χ1) is 19.4. The minimum Gasteiger partial charge on any atom is -0.494 e. The Labute approximate surface area is 237 Å². The molecule has 0 saturated carbocycles. The highest BCUT2D eigenvalue weighted by Crippen LogP contribution is 2.23. The molecule has 2 aromatic carbocycles. The van der Waals surface area contributed by atoms with Crippen LogP contribution in [0.25, 0.3) is 6.08 Å². The SMILES string of the molecule is C=C1CC(CCCCCCCCCCOc2ccc(C(=O)Oc3ccc(/C=C/C(=O)OCC)cc3)cc2)OC1=O. The molecular formula is C33H40O7. The van der Waals surface area contributed by atoms with Gasteiger partial charge in [-0.2, -0.15) is 0 Å². The van der Waals surface area contributed by atoms with Gasteiger partial charge in [0.05, 0.1) is 18.8 Å². The van der Waals surface area contributed by atoms with Gasteiger partial charge in [-0.1, -0.05) is 57.2 Å². The third-order valence-electron chi connectivity index (χ3n) is 6.60. The molecule has 7 heteroatoms. The first kappa shape index (κ1) is 30.7. The maximum atomic E-state index is 12.5. The van der Waals surface area contributed by atoms with Gasteiger partial charge in [0.2, 0.25) is 0 Å². The molecule has 3 rings (SSSR count). The third-order valence-corrected chi connectivity index (χ3v) is 6.60. The zero-order chi connectivity index (χ0) is 28.6. The monoisotopic (exact) mass is 548 g/mol. The number of carbonyl (C=O) groups is 3. The van der Waals surface area contributed by atoms with Crippen LogP contribution in [0.4, 0.5) is 0 Å². The third kappa shape index (κ3) is 11.1. The van der Waals surface area contributed by atoms with Gasteiger partial charge in [0.25, 0.3) is 0 Å². The Balaban J connectivity index is 1.22. The Morgan fingerprint density at radius 3 is 2.15 bits per heavy atom. The molecule has 1 atom stereocenters. The van der Waals surface area contributed by atoms with Crippen LogP contribution >= 0.6 is 0 Å². The quantitative estimate of drug-likeness (QED) is 0.0891. The van der Waals surface area contributed by atoms with E-state index in [1.165, 1.54) is 38.2 Å². The summed E-state index contributed by atoms with van der Waals surface area (Å²) in [5.74, 6) is 0.0681. The smallest absolute Gasteiger partial charge is 0.343 e. The number of ether oxygens (including phenoxy) is 4. The number of hydrogen-bond acceptors (Lipinski definition) is 7. The first-order valence-corrected chi connectivity index (χ1v) is 14.2. The van der Waals surface area contributed by atoms with Crippen molar-refractivity contribution in [2.24, 2.45) is 0 Å². The molecule has 40 heavy (non-hydrogen) atoms. The Morgan fingerprint density at radius 1 is 0.900 bits per heavy atom. The van der Waals surface area contributed by atoms with Crippen LogP contribution in [-0.4, -0.2) is 37.2 Å². The van der Waals surface area contributed by atoms with Gasteiger partial charge in [-0.15, -0.1) is 0 Å². The van der Waals surface area contributed by atoms with Gasteiger partial charge < -0.3 is 18.9 Å². The number of carbonyl (C=O) groups excluding carboxylic acids is 3. The zero-order valence-corrected chi connectivity index (χ0v) is 23.4. The number of cyclic esters (lactones) is 1. The highest BCUT2D eigenvalue weighted by atomic mass is 16.6. The van der Waals surface area contributed by atoms with Crippen LogP contribution in [0.3, 0.4) is 0 Å². The van der Waals surface area contributed by atoms with E-state index in [1.54, 1.807) is 61.5 Å². The molecule has 0 aromatic heterocycles. The first-order valence-electron chi connectivity index (χ1n) is 14.2. The van der Waals surface area contributed by atoms with Gasteiger partial charge in [-0.3, -0.25) is 0 Å². The molecule has 0 N–H and O–H groups in total. The van der Waals surface area contributed by atoms with E-state index in [2.05, 4.69) is 6.58 Å².